The zero-order chi connectivity index (χ0) is 9.10. The van der Waals surface area contributed by atoms with E-state index in [1.165, 1.54) is 0 Å². The summed E-state index contributed by atoms with van der Waals surface area (Å²) in [4.78, 5) is 0.0312. The fourth-order valence-corrected chi connectivity index (χ4v) is 1.55. The van der Waals surface area contributed by atoms with Crippen LogP contribution in [0, 0.1) is 0 Å². The third-order valence-corrected chi connectivity index (χ3v) is 2.66. The number of benzene rings is 1. The van der Waals surface area contributed by atoms with Crippen LogP contribution in [0.3, 0.4) is 0 Å². The van der Waals surface area contributed by atoms with Gasteiger partial charge in [-0.2, -0.15) is 0 Å². The van der Waals surface area contributed by atoms with E-state index in [-0.39, 0.29) is 4.83 Å². The maximum absolute atomic E-state index is 3.83. The average molecular weight is 239 g/mol. The molecule has 0 bridgehead atoms. The van der Waals surface area contributed by atoms with E-state index in [9.17, 15) is 0 Å². The Morgan fingerprint density at radius 3 is 2.62 bits per heavy atom. The molecule has 0 spiro atoms. The summed E-state index contributed by atoms with van der Waals surface area (Å²) in [7, 11) is 0. The molecule has 0 saturated heterocycles. The van der Waals surface area contributed by atoms with Crippen molar-refractivity contribution in [3.05, 3.63) is 41.7 Å². The Morgan fingerprint density at radius 2 is 2.00 bits per heavy atom. The molecule has 1 N–H and O–H groups in total. The van der Waals surface area contributed by atoms with Crippen molar-refractivity contribution in [3.8, 4) is 0 Å². The summed E-state index contributed by atoms with van der Waals surface area (Å²) in [6, 6.07) is 9.96. The fourth-order valence-electron chi connectivity index (χ4n) is 1.05. The lowest BCUT2D eigenvalue weighted by atomic mass is 10.1. The number of tetrazole rings is 1. The third kappa shape index (κ3) is 1.75. The monoisotopic (exact) mass is 238 g/mol. The van der Waals surface area contributed by atoms with Crippen molar-refractivity contribution < 1.29 is 0 Å². The van der Waals surface area contributed by atoms with Gasteiger partial charge in [-0.3, -0.25) is 0 Å². The number of halogens is 1. The maximum atomic E-state index is 3.83. The van der Waals surface area contributed by atoms with Gasteiger partial charge in [0.1, 0.15) is 4.83 Å². The summed E-state index contributed by atoms with van der Waals surface area (Å²) < 4.78 is 0. The van der Waals surface area contributed by atoms with Gasteiger partial charge in [0, 0.05) is 0 Å². The van der Waals surface area contributed by atoms with Crippen molar-refractivity contribution in [2.24, 2.45) is 0 Å². The second-order valence-electron chi connectivity index (χ2n) is 2.56. The number of nitrogens with zero attached hydrogens (tertiary/aromatic N) is 3. The normalized spacial score (nSPS) is 12.7. The Hall–Kier alpha value is -1.23. The van der Waals surface area contributed by atoms with E-state index >= 15 is 0 Å². The molecule has 0 aliphatic heterocycles. The topological polar surface area (TPSA) is 54.5 Å². The summed E-state index contributed by atoms with van der Waals surface area (Å²) in [5.74, 6) is 0.714. The second-order valence-corrected chi connectivity index (χ2v) is 3.48. The molecule has 0 amide bonds. The molecular formula is C8H7BrN4. The molecule has 2 aromatic rings. The third-order valence-electron chi connectivity index (χ3n) is 1.69. The van der Waals surface area contributed by atoms with Crippen LogP contribution >= 0.6 is 15.9 Å². The van der Waals surface area contributed by atoms with Crippen molar-refractivity contribution in [3.63, 3.8) is 0 Å². The quantitative estimate of drug-likeness (QED) is 0.811. The largest absolute Gasteiger partial charge is 0.242 e. The number of rotatable bonds is 2. The SMILES string of the molecule is BrC(c1ccccc1)c1nnn[nH]1. The van der Waals surface area contributed by atoms with Crippen LogP contribution in [0.15, 0.2) is 30.3 Å². The van der Waals surface area contributed by atoms with E-state index in [2.05, 4.69) is 36.6 Å². The lowest BCUT2D eigenvalue weighted by Gasteiger charge is -2.04. The molecule has 13 heavy (non-hydrogen) atoms. The molecule has 0 fully saturated rings. The molecule has 1 aromatic carbocycles. The van der Waals surface area contributed by atoms with Crippen LogP contribution < -0.4 is 0 Å². The van der Waals surface area contributed by atoms with Gasteiger partial charge in [-0.15, -0.1) is 5.10 Å². The smallest absolute Gasteiger partial charge is 0.166 e. The van der Waals surface area contributed by atoms with Gasteiger partial charge in [-0.05, 0) is 16.0 Å². The Morgan fingerprint density at radius 1 is 1.23 bits per heavy atom. The number of hydrogen-bond donors (Lipinski definition) is 1. The molecular weight excluding hydrogens is 232 g/mol. The van der Waals surface area contributed by atoms with E-state index in [1.807, 2.05) is 30.3 Å². The summed E-state index contributed by atoms with van der Waals surface area (Å²) >= 11 is 3.50. The van der Waals surface area contributed by atoms with Crippen molar-refractivity contribution in [2.45, 2.75) is 4.83 Å². The Bertz CT molecular complexity index is 359. The van der Waals surface area contributed by atoms with Gasteiger partial charge in [0.15, 0.2) is 5.82 Å². The van der Waals surface area contributed by atoms with E-state index in [4.69, 9.17) is 0 Å². The number of H-pyrrole nitrogens is 1. The molecule has 0 saturated carbocycles. The van der Waals surface area contributed by atoms with Gasteiger partial charge in [0.25, 0.3) is 0 Å². The van der Waals surface area contributed by atoms with Crippen molar-refractivity contribution in [1.29, 1.82) is 0 Å². The standard InChI is InChI=1S/C8H7BrN4/c9-7(8-10-12-13-11-8)6-4-2-1-3-5-6/h1-5,7H,(H,10,11,12,13). The summed E-state index contributed by atoms with van der Waals surface area (Å²) in [6.07, 6.45) is 0. The predicted octanol–water partition coefficient (Wildman–Crippen LogP) is 1.68. The van der Waals surface area contributed by atoms with Crippen molar-refractivity contribution in [2.75, 3.05) is 0 Å². The molecule has 1 atom stereocenters. The Balaban J connectivity index is 2.29. The first-order valence-corrected chi connectivity index (χ1v) is 4.72. The molecule has 0 radical (unpaired) electrons. The first-order chi connectivity index (χ1) is 6.38. The minimum absolute atomic E-state index is 0.0312. The van der Waals surface area contributed by atoms with Crippen LogP contribution in [-0.4, -0.2) is 20.6 Å². The first kappa shape index (κ1) is 8.37. The highest BCUT2D eigenvalue weighted by Crippen LogP contribution is 2.26. The van der Waals surface area contributed by atoms with E-state index in [1.54, 1.807) is 0 Å². The molecule has 4 nitrogen and oxygen atoms in total. The molecule has 1 unspecified atom stereocenters. The molecule has 66 valence electrons. The van der Waals surface area contributed by atoms with Gasteiger partial charge in [0.2, 0.25) is 0 Å². The average Bonchev–Trinajstić information content (AvgIpc) is 2.71. The number of aromatic amines is 1. The van der Waals surface area contributed by atoms with E-state index < -0.39 is 0 Å². The van der Waals surface area contributed by atoms with Crippen LogP contribution in [0.5, 0.6) is 0 Å². The second kappa shape index (κ2) is 3.66. The molecule has 0 aliphatic rings. The van der Waals surface area contributed by atoms with Crippen LogP contribution in [0.4, 0.5) is 0 Å². The lowest BCUT2D eigenvalue weighted by molar-refractivity contribution is 0.881. The van der Waals surface area contributed by atoms with Gasteiger partial charge < -0.3 is 0 Å². The number of alkyl halides is 1. The molecule has 0 aliphatic carbocycles. The minimum atomic E-state index is 0.0312. The first-order valence-electron chi connectivity index (χ1n) is 3.80. The summed E-state index contributed by atoms with van der Waals surface area (Å²) in [5, 5.41) is 13.6. The highest BCUT2D eigenvalue weighted by Gasteiger charge is 2.12. The zero-order valence-electron chi connectivity index (χ0n) is 6.68. The van der Waals surface area contributed by atoms with Crippen molar-refractivity contribution in [1.82, 2.24) is 20.6 Å². The number of nitrogens with one attached hydrogen (secondary N) is 1. The van der Waals surface area contributed by atoms with Crippen molar-refractivity contribution >= 4 is 15.9 Å². The molecule has 2 rings (SSSR count). The van der Waals surface area contributed by atoms with E-state index in [0.717, 1.165) is 5.56 Å². The summed E-state index contributed by atoms with van der Waals surface area (Å²) in [5.41, 5.74) is 1.13. The van der Waals surface area contributed by atoms with Gasteiger partial charge in [-0.25, -0.2) is 5.10 Å². The lowest BCUT2D eigenvalue weighted by Crippen LogP contribution is -1.94. The zero-order valence-corrected chi connectivity index (χ0v) is 8.27. The Kier molecular flexibility index (Phi) is 2.35. The maximum Gasteiger partial charge on any atom is 0.166 e. The highest BCUT2D eigenvalue weighted by atomic mass is 79.9. The highest BCUT2D eigenvalue weighted by molar-refractivity contribution is 9.09. The molecule has 1 heterocycles. The predicted molar refractivity (Wildman–Crippen MR) is 51.4 cm³/mol. The van der Waals surface area contributed by atoms with Gasteiger partial charge >= 0.3 is 0 Å². The van der Waals surface area contributed by atoms with Gasteiger partial charge in [-0.1, -0.05) is 46.3 Å². The fraction of sp³-hybridized carbons (Fsp3) is 0.125. The van der Waals surface area contributed by atoms with Crippen LogP contribution in [0.1, 0.15) is 16.2 Å². The van der Waals surface area contributed by atoms with Crippen LogP contribution in [0.25, 0.3) is 0 Å². The van der Waals surface area contributed by atoms with Crippen LogP contribution in [-0.2, 0) is 0 Å². The van der Waals surface area contributed by atoms with E-state index in [0.29, 0.717) is 5.82 Å². The number of hydrogen-bond acceptors (Lipinski definition) is 3. The molecule has 1 aromatic heterocycles. The summed E-state index contributed by atoms with van der Waals surface area (Å²) in [6.45, 7) is 0. The number of aromatic nitrogens is 4. The molecule has 5 heteroatoms. The van der Waals surface area contributed by atoms with Gasteiger partial charge in [0.05, 0.1) is 0 Å². The Labute approximate surface area is 83.5 Å². The van der Waals surface area contributed by atoms with Crippen LogP contribution in [0.2, 0.25) is 0 Å². The minimum Gasteiger partial charge on any atom is -0.242 e.